The van der Waals surface area contributed by atoms with Crippen molar-refractivity contribution in [3.8, 4) is 0 Å². The lowest BCUT2D eigenvalue weighted by Crippen LogP contribution is -2.39. The van der Waals surface area contributed by atoms with E-state index >= 15 is 0 Å². The zero-order valence-corrected chi connectivity index (χ0v) is 11.2. The number of nitrogens with zero attached hydrogens (tertiary/aromatic N) is 3. The van der Waals surface area contributed by atoms with Gasteiger partial charge in [-0.3, -0.25) is 4.79 Å². The van der Waals surface area contributed by atoms with E-state index in [9.17, 15) is 4.79 Å². The van der Waals surface area contributed by atoms with Gasteiger partial charge in [-0.2, -0.15) is 0 Å². The normalized spacial score (nSPS) is 20.7. The third kappa shape index (κ3) is 3.65. The van der Waals surface area contributed by atoms with Crippen LogP contribution in [-0.2, 0) is 0 Å². The van der Waals surface area contributed by atoms with Crippen molar-refractivity contribution in [3.63, 3.8) is 0 Å². The Hall–Kier alpha value is -1.20. The third-order valence-electron chi connectivity index (χ3n) is 3.14. The predicted molar refractivity (Wildman–Crippen MR) is 69.6 cm³/mol. The van der Waals surface area contributed by atoms with E-state index in [2.05, 4.69) is 27.5 Å². The third-order valence-corrected chi connectivity index (χ3v) is 3.34. The Kier molecular flexibility index (Phi) is 4.49. The molecule has 2 heterocycles. The van der Waals surface area contributed by atoms with E-state index < -0.39 is 0 Å². The Balaban J connectivity index is 1.82. The van der Waals surface area contributed by atoms with Gasteiger partial charge in [-0.05, 0) is 44.5 Å². The minimum Gasteiger partial charge on any atom is -0.350 e. The fourth-order valence-corrected chi connectivity index (χ4v) is 2.31. The van der Waals surface area contributed by atoms with Crippen LogP contribution in [0.2, 0.25) is 5.15 Å². The summed E-state index contributed by atoms with van der Waals surface area (Å²) in [6, 6.07) is 3.15. The van der Waals surface area contributed by atoms with E-state index in [0.29, 0.717) is 23.3 Å². The summed E-state index contributed by atoms with van der Waals surface area (Å²) in [4.78, 5) is 14.1. The summed E-state index contributed by atoms with van der Waals surface area (Å²) in [6.07, 6.45) is 2.36. The highest BCUT2D eigenvalue weighted by Gasteiger charge is 2.18. The first-order valence-electron chi connectivity index (χ1n) is 6.11. The largest absolute Gasteiger partial charge is 0.350 e. The average Bonchev–Trinajstić information content (AvgIpc) is 2.37. The number of nitrogens with one attached hydrogen (secondary N) is 1. The number of amides is 1. The van der Waals surface area contributed by atoms with Crippen LogP contribution < -0.4 is 5.32 Å². The molecule has 0 bridgehead atoms. The molecular weight excluding hydrogens is 252 g/mol. The van der Waals surface area contributed by atoms with Gasteiger partial charge in [0.15, 0.2) is 10.8 Å². The van der Waals surface area contributed by atoms with Crippen LogP contribution in [0.1, 0.15) is 23.3 Å². The monoisotopic (exact) mass is 268 g/mol. The zero-order chi connectivity index (χ0) is 13.0. The molecule has 0 spiro atoms. The first kappa shape index (κ1) is 13.2. The number of halogens is 1. The van der Waals surface area contributed by atoms with E-state index in [1.54, 1.807) is 12.1 Å². The standard InChI is InChI=1S/C12H17ClN4O/c1-17-6-2-3-9(8-17)7-14-12(18)10-4-5-11(13)16-15-10/h4-5,9H,2-3,6-8H2,1H3,(H,14,18). The minimum atomic E-state index is -0.188. The van der Waals surface area contributed by atoms with Gasteiger partial charge >= 0.3 is 0 Å². The van der Waals surface area contributed by atoms with Gasteiger partial charge in [0.25, 0.3) is 5.91 Å². The molecule has 1 aliphatic rings. The SMILES string of the molecule is CN1CCCC(CNC(=O)c2ccc(Cl)nn2)C1. The van der Waals surface area contributed by atoms with E-state index in [-0.39, 0.29) is 5.91 Å². The summed E-state index contributed by atoms with van der Waals surface area (Å²) < 4.78 is 0. The van der Waals surface area contributed by atoms with Crippen molar-refractivity contribution in [1.29, 1.82) is 0 Å². The summed E-state index contributed by atoms with van der Waals surface area (Å²) in [5, 5.41) is 10.6. The molecule has 1 aromatic rings. The van der Waals surface area contributed by atoms with Gasteiger partial charge in [-0.15, -0.1) is 10.2 Å². The Bertz CT molecular complexity index is 409. The molecule has 18 heavy (non-hydrogen) atoms. The molecule has 0 aromatic carbocycles. The fraction of sp³-hybridized carbons (Fsp3) is 0.583. The van der Waals surface area contributed by atoms with Gasteiger partial charge < -0.3 is 10.2 Å². The van der Waals surface area contributed by atoms with Crippen molar-refractivity contribution in [1.82, 2.24) is 20.4 Å². The highest BCUT2D eigenvalue weighted by Crippen LogP contribution is 2.14. The summed E-state index contributed by atoms with van der Waals surface area (Å²) in [6.45, 7) is 2.87. The topological polar surface area (TPSA) is 58.1 Å². The second-order valence-electron chi connectivity index (χ2n) is 4.72. The fourth-order valence-electron chi connectivity index (χ4n) is 2.20. The summed E-state index contributed by atoms with van der Waals surface area (Å²) in [5.74, 6) is 0.334. The smallest absolute Gasteiger partial charge is 0.271 e. The number of hydrogen-bond acceptors (Lipinski definition) is 4. The van der Waals surface area contributed by atoms with Crippen LogP contribution in [0.3, 0.4) is 0 Å². The van der Waals surface area contributed by atoms with Crippen molar-refractivity contribution >= 4 is 17.5 Å². The predicted octanol–water partition coefficient (Wildman–Crippen LogP) is 1.20. The Morgan fingerprint density at radius 1 is 1.56 bits per heavy atom. The van der Waals surface area contributed by atoms with E-state index in [4.69, 9.17) is 11.6 Å². The van der Waals surface area contributed by atoms with Crippen LogP contribution in [0.15, 0.2) is 12.1 Å². The van der Waals surface area contributed by atoms with Crippen molar-refractivity contribution in [2.75, 3.05) is 26.7 Å². The first-order valence-corrected chi connectivity index (χ1v) is 6.49. The summed E-state index contributed by atoms with van der Waals surface area (Å²) in [5.41, 5.74) is 0.309. The van der Waals surface area contributed by atoms with Gasteiger partial charge in [0, 0.05) is 13.1 Å². The van der Waals surface area contributed by atoms with Crippen molar-refractivity contribution in [3.05, 3.63) is 23.0 Å². The number of aromatic nitrogens is 2. The number of piperidine rings is 1. The van der Waals surface area contributed by atoms with E-state index in [0.717, 1.165) is 19.5 Å². The molecule has 0 radical (unpaired) electrons. The lowest BCUT2D eigenvalue weighted by molar-refractivity contribution is 0.0931. The van der Waals surface area contributed by atoms with Gasteiger partial charge in [-0.1, -0.05) is 11.6 Å². The molecule has 0 saturated carbocycles. The molecule has 1 atom stereocenters. The second kappa shape index (κ2) is 6.11. The number of carbonyl (C=O) groups excluding carboxylic acids is 1. The minimum absolute atomic E-state index is 0.188. The van der Waals surface area contributed by atoms with Crippen LogP contribution >= 0.6 is 11.6 Å². The highest BCUT2D eigenvalue weighted by atomic mass is 35.5. The maximum absolute atomic E-state index is 11.8. The first-order chi connectivity index (χ1) is 8.65. The van der Waals surface area contributed by atoms with E-state index in [1.807, 2.05) is 0 Å². The van der Waals surface area contributed by atoms with E-state index in [1.165, 1.54) is 6.42 Å². The molecule has 1 aromatic heterocycles. The summed E-state index contributed by atoms with van der Waals surface area (Å²) >= 11 is 5.62. The molecule has 1 N–H and O–H groups in total. The summed E-state index contributed by atoms with van der Waals surface area (Å²) in [7, 11) is 2.11. The number of carbonyl (C=O) groups is 1. The van der Waals surface area contributed by atoms with Crippen LogP contribution in [-0.4, -0.2) is 47.7 Å². The van der Waals surface area contributed by atoms with Crippen LogP contribution in [0.4, 0.5) is 0 Å². The lowest BCUT2D eigenvalue weighted by atomic mass is 9.98. The maximum Gasteiger partial charge on any atom is 0.271 e. The molecule has 1 unspecified atom stereocenters. The Labute approximate surface area is 112 Å². The molecular formula is C12H17ClN4O. The number of likely N-dealkylation sites (tertiary alicyclic amines) is 1. The molecule has 1 amide bonds. The van der Waals surface area contributed by atoms with Gasteiger partial charge in [0.05, 0.1) is 0 Å². The Morgan fingerprint density at radius 2 is 2.39 bits per heavy atom. The quantitative estimate of drug-likeness (QED) is 0.895. The highest BCUT2D eigenvalue weighted by molar-refractivity contribution is 6.29. The number of hydrogen-bond donors (Lipinski definition) is 1. The molecule has 6 heteroatoms. The molecule has 1 aliphatic heterocycles. The lowest BCUT2D eigenvalue weighted by Gasteiger charge is -2.29. The van der Waals surface area contributed by atoms with Crippen molar-refractivity contribution < 1.29 is 4.79 Å². The van der Waals surface area contributed by atoms with Crippen LogP contribution in [0.25, 0.3) is 0 Å². The molecule has 1 fully saturated rings. The van der Waals surface area contributed by atoms with Crippen LogP contribution in [0, 0.1) is 5.92 Å². The molecule has 0 aliphatic carbocycles. The second-order valence-corrected chi connectivity index (χ2v) is 5.11. The molecule has 1 saturated heterocycles. The molecule has 5 nitrogen and oxygen atoms in total. The molecule has 2 rings (SSSR count). The van der Waals surface area contributed by atoms with Gasteiger partial charge in [0.2, 0.25) is 0 Å². The van der Waals surface area contributed by atoms with Crippen molar-refractivity contribution in [2.45, 2.75) is 12.8 Å². The number of rotatable bonds is 3. The molecule has 98 valence electrons. The van der Waals surface area contributed by atoms with Gasteiger partial charge in [-0.25, -0.2) is 0 Å². The zero-order valence-electron chi connectivity index (χ0n) is 10.4. The van der Waals surface area contributed by atoms with Gasteiger partial charge in [0.1, 0.15) is 0 Å². The maximum atomic E-state index is 11.8. The van der Waals surface area contributed by atoms with Crippen molar-refractivity contribution in [2.24, 2.45) is 5.92 Å². The Morgan fingerprint density at radius 3 is 3.06 bits per heavy atom. The average molecular weight is 269 g/mol. The van der Waals surface area contributed by atoms with Crippen LogP contribution in [0.5, 0.6) is 0 Å².